The number of carboxylic acids is 1. The molecule has 0 saturated carbocycles. The number of rotatable bonds is 7. The van der Waals surface area contributed by atoms with Crippen LogP contribution in [0.3, 0.4) is 0 Å². The number of carbonyl (C=O) groups is 2. The molecule has 0 aliphatic rings. The van der Waals surface area contributed by atoms with E-state index in [-0.39, 0.29) is 24.9 Å². The summed E-state index contributed by atoms with van der Waals surface area (Å²) < 4.78 is 47.3. The van der Waals surface area contributed by atoms with E-state index in [4.69, 9.17) is 5.11 Å². The maximum absolute atomic E-state index is 12.4. The third-order valence-corrected chi connectivity index (χ3v) is 4.29. The summed E-state index contributed by atoms with van der Waals surface area (Å²) in [4.78, 5) is 23.1. The molecule has 0 heterocycles. The molecule has 0 aliphatic heterocycles. The second kappa shape index (κ2) is 7.30. The van der Waals surface area contributed by atoms with Crippen LogP contribution in [-0.2, 0) is 14.6 Å². The molecule has 0 fully saturated rings. The van der Waals surface area contributed by atoms with Gasteiger partial charge in [-0.3, -0.25) is 9.59 Å². The van der Waals surface area contributed by atoms with Crippen molar-refractivity contribution in [1.82, 2.24) is 4.90 Å². The average molecular weight is 335 g/mol. The summed E-state index contributed by atoms with van der Waals surface area (Å²) in [6.07, 6.45) is 0.193. The smallest absolute Gasteiger partial charge is 0.341 e. The van der Waals surface area contributed by atoms with Crippen molar-refractivity contribution < 1.29 is 31.9 Å². The third-order valence-electron chi connectivity index (χ3n) is 2.90. The summed E-state index contributed by atoms with van der Waals surface area (Å²) in [7, 11) is -3.22. The largest absolute Gasteiger partial charge is 0.481 e. The van der Waals surface area contributed by atoms with E-state index in [1.807, 2.05) is 0 Å². The van der Waals surface area contributed by atoms with Crippen LogP contribution in [0.2, 0.25) is 0 Å². The summed E-state index contributed by atoms with van der Waals surface area (Å²) in [5, 5.41) is 8.51. The van der Waals surface area contributed by atoms with Gasteiger partial charge in [-0.15, -0.1) is 0 Å². The molecule has 1 rings (SSSR count). The average Bonchev–Trinajstić information content (AvgIpc) is 2.45. The molecule has 0 unspecified atom stereocenters. The molecule has 0 bridgehead atoms. The van der Waals surface area contributed by atoms with E-state index in [0.29, 0.717) is 0 Å². The first-order valence-electron chi connectivity index (χ1n) is 6.25. The van der Waals surface area contributed by atoms with Gasteiger partial charge in [0.05, 0.1) is 4.90 Å². The Hall–Kier alpha value is -2.03. The second-order valence-corrected chi connectivity index (χ2v) is 6.47. The Kier molecular flexibility index (Phi) is 5.98. The maximum atomic E-state index is 12.4. The van der Waals surface area contributed by atoms with Gasteiger partial charge in [0.25, 0.3) is 5.91 Å². The summed E-state index contributed by atoms with van der Waals surface area (Å²) in [5.74, 6) is -4.94. The lowest BCUT2D eigenvalue weighted by Crippen LogP contribution is -2.28. The first-order valence-corrected chi connectivity index (χ1v) is 7.80. The van der Waals surface area contributed by atoms with Crippen molar-refractivity contribution in [2.45, 2.75) is 23.5 Å². The third kappa shape index (κ3) is 4.48. The molecular formula is C13H15F2NO5S. The molecule has 122 valence electrons. The zero-order chi connectivity index (χ0) is 16.9. The van der Waals surface area contributed by atoms with Gasteiger partial charge in [-0.05, 0) is 30.7 Å². The summed E-state index contributed by atoms with van der Waals surface area (Å²) in [5.41, 5.74) is 0.131. The minimum absolute atomic E-state index is 0.0802. The van der Waals surface area contributed by atoms with E-state index in [2.05, 4.69) is 0 Å². The number of carboxylic acid groups (broad SMARTS) is 1. The standard InChI is InChI=1S/C13H15F2NO5S/c1-16(8-2-3-11(17)18)12(19)9-4-6-10(7-5-9)22(20,21)13(14)15/h4-7,13H,2-3,8H2,1H3,(H,17,18). The van der Waals surface area contributed by atoms with Gasteiger partial charge in [0.1, 0.15) is 0 Å². The summed E-state index contributed by atoms with van der Waals surface area (Å²) in [6, 6.07) is 4.18. The summed E-state index contributed by atoms with van der Waals surface area (Å²) in [6.45, 7) is 0.211. The van der Waals surface area contributed by atoms with E-state index in [1.54, 1.807) is 0 Å². The normalized spacial score (nSPS) is 11.5. The SMILES string of the molecule is CN(CCCC(=O)O)C(=O)c1ccc(S(=O)(=O)C(F)F)cc1. The predicted molar refractivity (Wildman–Crippen MR) is 73.5 cm³/mol. The fraction of sp³-hybridized carbons (Fsp3) is 0.385. The van der Waals surface area contributed by atoms with E-state index in [9.17, 15) is 26.8 Å². The highest BCUT2D eigenvalue weighted by molar-refractivity contribution is 7.91. The van der Waals surface area contributed by atoms with Crippen LogP contribution in [0, 0.1) is 0 Å². The van der Waals surface area contributed by atoms with Crippen LogP contribution in [0.15, 0.2) is 29.2 Å². The van der Waals surface area contributed by atoms with Gasteiger partial charge >= 0.3 is 11.7 Å². The van der Waals surface area contributed by atoms with Crippen molar-refractivity contribution in [2.24, 2.45) is 0 Å². The number of aliphatic carboxylic acids is 1. The fourth-order valence-corrected chi connectivity index (χ4v) is 2.40. The number of hydrogen-bond acceptors (Lipinski definition) is 4. The second-order valence-electron chi connectivity index (χ2n) is 4.55. The number of benzene rings is 1. The molecule has 1 amide bonds. The molecule has 22 heavy (non-hydrogen) atoms. The topological polar surface area (TPSA) is 91.8 Å². The van der Waals surface area contributed by atoms with Gasteiger partial charge in [-0.2, -0.15) is 8.78 Å². The van der Waals surface area contributed by atoms with Gasteiger partial charge in [0.2, 0.25) is 9.84 Å². The first-order chi connectivity index (χ1) is 10.2. The Morgan fingerprint density at radius 1 is 1.23 bits per heavy atom. The maximum Gasteiger partial charge on any atom is 0.341 e. The van der Waals surface area contributed by atoms with Crippen LogP contribution in [0.1, 0.15) is 23.2 Å². The van der Waals surface area contributed by atoms with Crippen molar-refractivity contribution in [3.05, 3.63) is 29.8 Å². The van der Waals surface area contributed by atoms with E-state index < -0.39 is 32.4 Å². The Morgan fingerprint density at radius 3 is 2.23 bits per heavy atom. The quantitative estimate of drug-likeness (QED) is 0.817. The van der Waals surface area contributed by atoms with E-state index in [0.717, 1.165) is 24.3 Å². The van der Waals surface area contributed by atoms with Crippen molar-refractivity contribution in [1.29, 1.82) is 0 Å². The fourth-order valence-electron chi connectivity index (χ4n) is 1.68. The Morgan fingerprint density at radius 2 is 1.77 bits per heavy atom. The lowest BCUT2D eigenvalue weighted by molar-refractivity contribution is -0.137. The number of hydrogen-bond donors (Lipinski definition) is 1. The van der Waals surface area contributed by atoms with Crippen LogP contribution < -0.4 is 0 Å². The molecule has 9 heteroatoms. The van der Waals surface area contributed by atoms with Crippen LogP contribution in [0.5, 0.6) is 0 Å². The first kappa shape index (κ1) is 18.0. The molecule has 6 nitrogen and oxygen atoms in total. The zero-order valence-corrected chi connectivity index (χ0v) is 12.5. The number of halogens is 2. The van der Waals surface area contributed by atoms with Crippen LogP contribution in [0.4, 0.5) is 8.78 Å². The highest BCUT2D eigenvalue weighted by Gasteiger charge is 2.26. The highest BCUT2D eigenvalue weighted by Crippen LogP contribution is 2.19. The number of sulfone groups is 1. The molecule has 0 aliphatic carbocycles. The lowest BCUT2D eigenvalue weighted by Gasteiger charge is -2.16. The monoisotopic (exact) mass is 335 g/mol. The Balaban J connectivity index is 2.78. The molecule has 0 spiro atoms. The van der Waals surface area contributed by atoms with Gasteiger partial charge in [-0.1, -0.05) is 0 Å². The predicted octanol–water partition coefficient (Wildman–Crippen LogP) is 1.62. The van der Waals surface area contributed by atoms with Gasteiger partial charge < -0.3 is 10.0 Å². The van der Waals surface area contributed by atoms with Crippen molar-refractivity contribution in [2.75, 3.05) is 13.6 Å². The van der Waals surface area contributed by atoms with E-state index in [1.165, 1.54) is 11.9 Å². The molecule has 1 N–H and O–H groups in total. The molecule has 0 saturated heterocycles. The van der Waals surface area contributed by atoms with Gasteiger partial charge in [-0.25, -0.2) is 8.42 Å². The molecule has 0 radical (unpaired) electrons. The minimum atomic E-state index is -4.69. The molecule has 1 aromatic carbocycles. The lowest BCUT2D eigenvalue weighted by atomic mass is 10.2. The van der Waals surface area contributed by atoms with Gasteiger partial charge in [0, 0.05) is 25.6 Å². The molecular weight excluding hydrogens is 320 g/mol. The Bertz CT molecular complexity index is 643. The molecule has 0 aromatic heterocycles. The van der Waals surface area contributed by atoms with Crippen molar-refractivity contribution in [3.63, 3.8) is 0 Å². The van der Waals surface area contributed by atoms with Crippen LogP contribution >= 0.6 is 0 Å². The Labute approximate surface area is 126 Å². The number of alkyl halides is 2. The number of nitrogens with zero attached hydrogens (tertiary/aromatic N) is 1. The van der Waals surface area contributed by atoms with Crippen molar-refractivity contribution >= 4 is 21.7 Å². The van der Waals surface area contributed by atoms with E-state index >= 15 is 0 Å². The number of amides is 1. The molecule has 1 aromatic rings. The minimum Gasteiger partial charge on any atom is -0.481 e. The van der Waals surface area contributed by atoms with Crippen molar-refractivity contribution in [3.8, 4) is 0 Å². The zero-order valence-electron chi connectivity index (χ0n) is 11.7. The van der Waals surface area contributed by atoms with Crippen LogP contribution in [0.25, 0.3) is 0 Å². The number of carbonyl (C=O) groups excluding carboxylic acids is 1. The highest BCUT2D eigenvalue weighted by atomic mass is 32.2. The summed E-state index contributed by atoms with van der Waals surface area (Å²) >= 11 is 0. The van der Waals surface area contributed by atoms with Gasteiger partial charge in [0.15, 0.2) is 0 Å². The van der Waals surface area contributed by atoms with Crippen LogP contribution in [-0.4, -0.2) is 49.7 Å². The molecule has 0 atom stereocenters.